The van der Waals surface area contributed by atoms with E-state index in [2.05, 4.69) is 23.3 Å². The van der Waals surface area contributed by atoms with Gasteiger partial charge in [0, 0.05) is 24.4 Å². The minimum atomic E-state index is -0.104. The van der Waals surface area contributed by atoms with Gasteiger partial charge in [0.05, 0.1) is 16.3 Å². The predicted molar refractivity (Wildman–Crippen MR) is 104 cm³/mol. The summed E-state index contributed by atoms with van der Waals surface area (Å²) in [6.45, 7) is 6.09. The lowest BCUT2D eigenvalue weighted by molar-refractivity contribution is -0.113. The number of nitrogens with zero attached hydrogens (tertiary/aromatic N) is 2. The van der Waals surface area contributed by atoms with Gasteiger partial charge in [-0.3, -0.25) is 14.2 Å². The highest BCUT2D eigenvalue weighted by atomic mass is 32.2. The summed E-state index contributed by atoms with van der Waals surface area (Å²) in [5.74, 6) is 0.113. The van der Waals surface area contributed by atoms with E-state index in [-0.39, 0.29) is 17.2 Å². The van der Waals surface area contributed by atoms with Crippen molar-refractivity contribution >= 4 is 35.1 Å². The van der Waals surface area contributed by atoms with Crippen molar-refractivity contribution in [1.82, 2.24) is 9.55 Å². The Balaban J connectivity index is 1.69. The quantitative estimate of drug-likeness (QED) is 0.657. The lowest BCUT2D eigenvalue weighted by Gasteiger charge is -2.10. The molecule has 0 radical (unpaired) electrons. The van der Waals surface area contributed by atoms with Crippen LogP contribution in [0, 0.1) is 13.8 Å². The number of aryl methyl sites for hydroxylation is 2. The average molecular weight is 376 g/mol. The molecule has 1 aromatic carbocycles. The first kappa shape index (κ1) is 18.1. The van der Waals surface area contributed by atoms with Crippen molar-refractivity contribution in [3.05, 3.63) is 45.4 Å². The zero-order chi connectivity index (χ0) is 18.1. The summed E-state index contributed by atoms with van der Waals surface area (Å²) < 4.78 is 1.54. The standard InChI is InChI=1S/C18H21N3O2S2/c1-10-5-11(2)7-13(6-10)19-15(22)9-24-18-20-14-8-12(3)25-16(14)17(23)21(18)4/h5-7,12H,8-9H2,1-4H3,(H,19,22)/t12-/m0/s1. The van der Waals surface area contributed by atoms with E-state index >= 15 is 0 Å². The summed E-state index contributed by atoms with van der Waals surface area (Å²) in [6, 6.07) is 5.95. The molecule has 2 aromatic rings. The SMILES string of the molecule is Cc1cc(C)cc(NC(=O)CSc2nc3c(c(=O)n2C)S[C@@H](C)C3)c1. The number of hydrogen-bond donors (Lipinski definition) is 1. The van der Waals surface area contributed by atoms with Gasteiger partial charge in [0.15, 0.2) is 5.16 Å². The van der Waals surface area contributed by atoms with Gasteiger partial charge in [-0.25, -0.2) is 4.98 Å². The Bertz CT molecular complexity index is 872. The normalized spacial score (nSPS) is 15.9. The highest BCUT2D eigenvalue weighted by molar-refractivity contribution is 8.00. The van der Waals surface area contributed by atoms with Crippen LogP contribution in [-0.2, 0) is 18.3 Å². The zero-order valence-electron chi connectivity index (χ0n) is 14.8. The number of amides is 1. The van der Waals surface area contributed by atoms with Crippen LogP contribution in [0.4, 0.5) is 5.69 Å². The Morgan fingerprint density at radius 3 is 2.72 bits per heavy atom. The summed E-state index contributed by atoms with van der Waals surface area (Å²) in [7, 11) is 1.71. The maximum absolute atomic E-state index is 12.4. The van der Waals surface area contributed by atoms with Crippen LogP contribution in [0.25, 0.3) is 0 Å². The summed E-state index contributed by atoms with van der Waals surface area (Å²) in [5.41, 5.74) is 3.85. The third-order valence-corrected chi connectivity index (χ3v) is 6.16. The molecule has 132 valence electrons. The number of carbonyl (C=O) groups is 1. The average Bonchev–Trinajstić information content (AvgIpc) is 2.89. The molecule has 5 nitrogen and oxygen atoms in total. The highest BCUT2D eigenvalue weighted by Gasteiger charge is 2.25. The highest BCUT2D eigenvalue weighted by Crippen LogP contribution is 2.33. The van der Waals surface area contributed by atoms with Crippen LogP contribution in [0.1, 0.15) is 23.7 Å². The zero-order valence-corrected chi connectivity index (χ0v) is 16.4. The van der Waals surface area contributed by atoms with Crippen molar-refractivity contribution in [1.29, 1.82) is 0 Å². The Morgan fingerprint density at radius 2 is 2.04 bits per heavy atom. The number of nitrogens with one attached hydrogen (secondary N) is 1. The van der Waals surface area contributed by atoms with Gasteiger partial charge in [-0.1, -0.05) is 24.8 Å². The molecule has 1 aromatic heterocycles. The molecule has 2 heterocycles. The van der Waals surface area contributed by atoms with Gasteiger partial charge in [-0.15, -0.1) is 11.8 Å². The van der Waals surface area contributed by atoms with Crippen LogP contribution in [0.3, 0.4) is 0 Å². The summed E-state index contributed by atoms with van der Waals surface area (Å²) >= 11 is 2.88. The summed E-state index contributed by atoms with van der Waals surface area (Å²) in [6.07, 6.45) is 0.804. The summed E-state index contributed by atoms with van der Waals surface area (Å²) in [5, 5.41) is 3.88. The van der Waals surface area contributed by atoms with E-state index in [1.165, 1.54) is 11.8 Å². The molecule has 0 saturated carbocycles. The van der Waals surface area contributed by atoms with Crippen LogP contribution in [0.2, 0.25) is 0 Å². The number of fused-ring (bicyclic) bond motifs is 1. The van der Waals surface area contributed by atoms with Crippen molar-refractivity contribution in [2.45, 2.75) is 42.5 Å². The number of thioether (sulfide) groups is 2. The number of benzene rings is 1. The lowest BCUT2D eigenvalue weighted by Crippen LogP contribution is -2.23. The van der Waals surface area contributed by atoms with E-state index in [4.69, 9.17) is 0 Å². The first-order chi connectivity index (χ1) is 11.8. The molecule has 1 N–H and O–H groups in total. The Kier molecular flexibility index (Phi) is 5.24. The minimum absolute atomic E-state index is 0.0171. The van der Waals surface area contributed by atoms with E-state index in [1.807, 2.05) is 26.0 Å². The third-order valence-electron chi connectivity index (χ3n) is 3.92. The van der Waals surface area contributed by atoms with Crippen molar-refractivity contribution in [2.75, 3.05) is 11.1 Å². The van der Waals surface area contributed by atoms with Crippen molar-refractivity contribution in [3.63, 3.8) is 0 Å². The molecular weight excluding hydrogens is 354 g/mol. The molecule has 1 atom stereocenters. The number of anilines is 1. The number of aromatic nitrogens is 2. The molecule has 1 aliphatic rings. The molecule has 1 amide bonds. The topological polar surface area (TPSA) is 64.0 Å². The molecular formula is C18H21N3O2S2. The maximum Gasteiger partial charge on any atom is 0.267 e. The third kappa shape index (κ3) is 4.10. The van der Waals surface area contributed by atoms with Crippen molar-refractivity contribution in [3.8, 4) is 0 Å². The van der Waals surface area contributed by atoms with Crippen molar-refractivity contribution < 1.29 is 4.79 Å². The fraction of sp³-hybridized carbons (Fsp3) is 0.389. The van der Waals surface area contributed by atoms with Crippen molar-refractivity contribution in [2.24, 2.45) is 7.05 Å². The number of carbonyl (C=O) groups excluding carboxylic acids is 1. The Morgan fingerprint density at radius 1 is 1.36 bits per heavy atom. The monoisotopic (exact) mass is 375 g/mol. The van der Waals surface area contributed by atoms with Crippen LogP contribution >= 0.6 is 23.5 Å². The molecule has 7 heteroatoms. The van der Waals surface area contributed by atoms with Crippen LogP contribution < -0.4 is 10.9 Å². The second-order valence-electron chi connectivity index (χ2n) is 6.38. The van der Waals surface area contributed by atoms with Crippen LogP contribution in [0.15, 0.2) is 33.0 Å². The van der Waals surface area contributed by atoms with Gasteiger partial charge >= 0.3 is 0 Å². The Hall–Kier alpha value is -1.73. The van der Waals surface area contributed by atoms with E-state index in [1.54, 1.807) is 23.4 Å². The largest absolute Gasteiger partial charge is 0.325 e. The second-order valence-corrected chi connectivity index (χ2v) is 8.77. The Labute approximate surface area is 155 Å². The van der Waals surface area contributed by atoms with Gasteiger partial charge in [-0.05, 0) is 37.1 Å². The molecule has 0 bridgehead atoms. The first-order valence-electron chi connectivity index (χ1n) is 8.11. The molecule has 0 aliphatic carbocycles. The molecule has 0 spiro atoms. The minimum Gasteiger partial charge on any atom is -0.325 e. The van der Waals surface area contributed by atoms with Gasteiger partial charge < -0.3 is 5.32 Å². The molecule has 3 rings (SSSR count). The number of hydrogen-bond acceptors (Lipinski definition) is 5. The van der Waals surface area contributed by atoms with Crippen LogP contribution in [-0.4, -0.2) is 26.5 Å². The number of rotatable bonds is 4. The van der Waals surface area contributed by atoms with E-state index in [0.29, 0.717) is 10.4 Å². The van der Waals surface area contributed by atoms with E-state index in [0.717, 1.165) is 33.8 Å². The molecule has 0 fully saturated rings. The summed E-state index contributed by atoms with van der Waals surface area (Å²) in [4.78, 5) is 30.0. The fourth-order valence-electron chi connectivity index (χ4n) is 2.88. The maximum atomic E-state index is 12.4. The lowest BCUT2D eigenvalue weighted by atomic mass is 10.1. The van der Waals surface area contributed by atoms with Crippen LogP contribution in [0.5, 0.6) is 0 Å². The van der Waals surface area contributed by atoms with Gasteiger partial charge in [-0.2, -0.15) is 0 Å². The van der Waals surface area contributed by atoms with E-state index < -0.39 is 0 Å². The molecule has 0 saturated heterocycles. The smallest absolute Gasteiger partial charge is 0.267 e. The van der Waals surface area contributed by atoms with Gasteiger partial charge in [0.2, 0.25) is 5.91 Å². The predicted octanol–water partition coefficient (Wildman–Crippen LogP) is 3.16. The fourth-order valence-corrected chi connectivity index (χ4v) is 4.81. The van der Waals surface area contributed by atoms with E-state index in [9.17, 15) is 9.59 Å². The molecule has 25 heavy (non-hydrogen) atoms. The van der Waals surface area contributed by atoms with Gasteiger partial charge in [0.25, 0.3) is 5.56 Å². The van der Waals surface area contributed by atoms with Gasteiger partial charge in [0.1, 0.15) is 0 Å². The first-order valence-corrected chi connectivity index (χ1v) is 9.97. The molecule has 1 aliphatic heterocycles. The molecule has 0 unspecified atom stereocenters. The second kappa shape index (κ2) is 7.25.